The Hall–Kier alpha value is -1.85. The molecule has 0 aromatic carbocycles. The summed E-state index contributed by atoms with van der Waals surface area (Å²) in [6.07, 6.45) is 2.03. The van der Waals surface area contributed by atoms with Gasteiger partial charge in [0, 0.05) is 13.2 Å². The maximum Gasteiger partial charge on any atom is 0.374 e. The van der Waals surface area contributed by atoms with Gasteiger partial charge in [-0.15, -0.1) is 0 Å². The van der Waals surface area contributed by atoms with Crippen molar-refractivity contribution < 1.29 is 14.3 Å². The lowest BCUT2D eigenvalue weighted by atomic mass is 10.6. The number of rotatable bonds is 4. The predicted octanol–water partition coefficient (Wildman–Crippen LogP) is 0.165. The molecule has 14 heavy (non-hydrogen) atoms. The van der Waals surface area contributed by atoms with Gasteiger partial charge in [-0.25, -0.2) is 9.78 Å². The Morgan fingerprint density at radius 3 is 3.07 bits per heavy atom. The van der Waals surface area contributed by atoms with Crippen molar-refractivity contribution in [3.63, 3.8) is 0 Å². The number of nitrogens with one attached hydrogen (secondary N) is 1. The van der Waals surface area contributed by atoms with Crippen LogP contribution in [0.1, 0.15) is 17.5 Å². The smallest absolute Gasteiger partial charge is 0.374 e. The molecule has 0 unspecified atom stereocenters. The van der Waals surface area contributed by atoms with E-state index in [4.69, 9.17) is 4.74 Å². The van der Waals surface area contributed by atoms with Crippen molar-refractivity contribution in [3.05, 3.63) is 12.0 Å². The SMILES string of the molecule is CCOC(=O)c1nc(NC=O)cn1C. The van der Waals surface area contributed by atoms with Gasteiger partial charge in [0.25, 0.3) is 0 Å². The quantitative estimate of drug-likeness (QED) is 0.551. The van der Waals surface area contributed by atoms with E-state index in [0.717, 1.165) is 0 Å². The monoisotopic (exact) mass is 197 g/mol. The highest BCUT2D eigenvalue weighted by molar-refractivity contribution is 5.86. The number of hydrogen-bond acceptors (Lipinski definition) is 4. The molecule has 1 amide bonds. The predicted molar refractivity (Wildman–Crippen MR) is 48.9 cm³/mol. The Kier molecular flexibility index (Phi) is 3.22. The Morgan fingerprint density at radius 1 is 1.79 bits per heavy atom. The second kappa shape index (κ2) is 4.40. The minimum atomic E-state index is -0.506. The first kappa shape index (κ1) is 10.2. The standard InChI is InChI=1S/C8H11N3O3/c1-3-14-8(13)7-10-6(9-5-12)4-11(7)2/h4-5H,3H2,1-2H3,(H,9,12). The number of amides is 1. The van der Waals surface area contributed by atoms with Crippen LogP contribution in [0.25, 0.3) is 0 Å². The summed E-state index contributed by atoms with van der Waals surface area (Å²) in [6, 6.07) is 0. The lowest BCUT2D eigenvalue weighted by Crippen LogP contribution is -2.10. The highest BCUT2D eigenvalue weighted by Gasteiger charge is 2.14. The first-order chi connectivity index (χ1) is 6.69. The van der Waals surface area contributed by atoms with Gasteiger partial charge < -0.3 is 14.6 Å². The van der Waals surface area contributed by atoms with Crippen LogP contribution in [0.15, 0.2) is 6.20 Å². The molecule has 0 aliphatic rings. The van der Waals surface area contributed by atoms with Gasteiger partial charge in [0.05, 0.1) is 6.61 Å². The molecule has 0 saturated carbocycles. The van der Waals surface area contributed by atoms with E-state index >= 15 is 0 Å². The van der Waals surface area contributed by atoms with Gasteiger partial charge in [-0.3, -0.25) is 4.79 Å². The first-order valence-electron chi connectivity index (χ1n) is 4.09. The lowest BCUT2D eigenvalue weighted by molar-refractivity contribution is -0.105. The maximum atomic E-state index is 11.3. The van der Waals surface area contributed by atoms with Crippen LogP contribution < -0.4 is 5.32 Å². The molecule has 1 aromatic rings. The minimum absolute atomic E-state index is 0.163. The summed E-state index contributed by atoms with van der Waals surface area (Å²) in [7, 11) is 1.65. The van der Waals surface area contributed by atoms with Crippen LogP contribution in [0.2, 0.25) is 0 Å². The normalized spacial score (nSPS) is 9.57. The average molecular weight is 197 g/mol. The van der Waals surface area contributed by atoms with Gasteiger partial charge >= 0.3 is 5.97 Å². The number of carbonyl (C=O) groups excluding carboxylic acids is 2. The molecule has 1 N–H and O–H groups in total. The van der Waals surface area contributed by atoms with Crippen LogP contribution in [-0.4, -0.2) is 28.5 Å². The van der Waals surface area contributed by atoms with Gasteiger partial charge in [0.15, 0.2) is 5.82 Å². The molecule has 6 heteroatoms. The molecule has 0 atom stereocenters. The second-order valence-electron chi connectivity index (χ2n) is 2.54. The molecule has 0 fully saturated rings. The molecule has 1 aromatic heterocycles. The van der Waals surface area contributed by atoms with Crippen molar-refractivity contribution >= 4 is 18.2 Å². The number of anilines is 1. The highest BCUT2D eigenvalue weighted by Crippen LogP contribution is 2.06. The molecule has 0 saturated heterocycles. The molecule has 0 aliphatic heterocycles. The molecule has 0 bridgehead atoms. The Bertz CT molecular complexity index is 346. The van der Waals surface area contributed by atoms with Gasteiger partial charge in [0.2, 0.25) is 12.2 Å². The molecule has 0 spiro atoms. The summed E-state index contributed by atoms with van der Waals surface area (Å²) in [5, 5.41) is 2.35. The van der Waals surface area contributed by atoms with E-state index < -0.39 is 5.97 Å². The maximum absolute atomic E-state index is 11.3. The Balaban J connectivity index is 2.86. The largest absolute Gasteiger partial charge is 0.460 e. The van der Waals surface area contributed by atoms with Gasteiger partial charge in [0.1, 0.15) is 0 Å². The van der Waals surface area contributed by atoms with Gasteiger partial charge in [-0.2, -0.15) is 0 Å². The molecule has 6 nitrogen and oxygen atoms in total. The Morgan fingerprint density at radius 2 is 2.50 bits per heavy atom. The highest BCUT2D eigenvalue weighted by atomic mass is 16.5. The summed E-state index contributed by atoms with van der Waals surface area (Å²) in [5.41, 5.74) is 0. The fraction of sp³-hybridized carbons (Fsp3) is 0.375. The lowest BCUT2D eigenvalue weighted by Gasteiger charge is -1.99. The molecule has 0 aliphatic carbocycles. The van der Waals surface area contributed by atoms with Crippen LogP contribution >= 0.6 is 0 Å². The number of carbonyl (C=O) groups is 2. The molecule has 1 heterocycles. The fourth-order valence-corrected chi connectivity index (χ4v) is 0.982. The number of imidazole rings is 1. The van der Waals surface area contributed by atoms with Crippen molar-refractivity contribution in [2.24, 2.45) is 7.05 Å². The van der Waals surface area contributed by atoms with Crippen LogP contribution in [0, 0.1) is 0 Å². The zero-order valence-corrected chi connectivity index (χ0v) is 7.98. The van der Waals surface area contributed by atoms with Crippen molar-refractivity contribution in [1.82, 2.24) is 9.55 Å². The third-order valence-electron chi connectivity index (χ3n) is 1.54. The third kappa shape index (κ3) is 2.09. The van der Waals surface area contributed by atoms with Crippen molar-refractivity contribution in [3.8, 4) is 0 Å². The number of aromatic nitrogens is 2. The van der Waals surface area contributed by atoms with E-state index in [1.54, 1.807) is 14.0 Å². The van der Waals surface area contributed by atoms with E-state index in [1.165, 1.54) is 10.8 Å². The van der Waals surface area contributed by atoms with Crippen molar-refractivity contribution in [2.75, 3.05) is 11.9 Å². The second-order valence-corrected chi connectivity index (χ2v) is 2.54. The van der Waals surface area contributed by atoms with Crippen LogP contribution in [0.3, 0.4) is 0 Å². The topological polar surface area (TPSA) is 73.2 Å². The zero-order chi connectivity index (χ0) is 10.6. The van der Waals surface area contributed by atoms with E-state index in [-0.39, 0.29) is 5.82 Å². The summed E-state index contributed by atoms with van der Waals surface area (Å²) in [4.78, 5) is 25.2. The molecule has 1 rings (SSSR count). The van der Waals surface area contributed by atoms with E-state index in [1.807, 2.05) is 0 Å². The first-order valence-corrected chi connectivity index (χ1v) is 4.09. The van der Waals surface area contributed by atoms with Crippen LogP contribution in [-0.2, 0) is 16.6 Å². The summed E-state index contributed by atoms with van der Waals surface area (Å²) in [5.74, 6) is -0.0179. The van der Waals surface area contributed by atoms with Crippen LogP contribution in [0.5, 0.6) is 0 Å². The minimum Gasteiger partial charge on any atom is -0.460 e. The molecular weight excluding hydrogens is 186 g/mol. The molecular formula is C8H11N3O3. The van der Waals surface area contributed by atoms with Gasteiger partial charge in [-0.05, 0) is 6.92 Å². The number of nitrogens with zero attached hydrogens (tertiary/aromatic N) is 2. The Labute approximate surface area is 80.9 Å². The van der Waals surface area contributed by atoms with Crippen LogP contribution in [0.4, 0.5) is 5.82 Å². The summed E-state index contributed by atoms with van der Waals surface area (Å²) in [6.45, 7) is 2.01. The van der Waals surface area contributed by atoms with Gasteiger partial charge in [-0.1, -0.05) is 0 Å². The number of ether oxygens (including phenoxy) is 1. The van der Waals surface area contributed by atoms with Crippen molar-refractivity contribution in [2.45, 2.75) is 6.92 Å². The summed E-state index contributed by atoms with van der Waals surface area (Å²) >= 11 is 0. The molecule has 0 radical (unpaired) electrons. The number of hydrogen-bond donors (Lipinski definition) is 1. The fourth-order valence-electron chi connectivity index (χ4n) is 0.982. The van der Waals surface area contributed by atoms with E-state index in [0.29, 0.717) is 18.8 Å². The van der Waals surface area contributed by atoms with Crippen molar-refractivity contribution in [1.29, 1.82) is 0 Å². The molecule has 76 valence electrons. The average Bonchev–Trinajstić information content (AvgIpc) is 2.48. The van der Waals surface area contributed by atoms with E-state index in [9.17, 15) is 9.59 Å². The third-order valence-corrected chi connectivity index (χ3v) is 1.54. The zero-order valence-electron chi connectivity index (χ0n) is 7.98. The number of aryl methyl sites for hydroxylation is 1. The number of esters is 1. The summed E-state index contributed by atoms with van der Waals surface area (Å²) < 4.78 is 6.25. The van der Waals surface area contributed by atoms with E-state index in [2.05, 4.69) is 10.3 Å².